The van der Waals surface area contributed by atoms with Gasteiger partial charge < -0.3 is 4.90 Å². The van der Waals surface area contributed by atoms with E-state index in [4.69, 9.17) is 0 Å². The number of aryl methyl sites for hydroxylation is 1. The molecule has 1 aromatic carbocycles. The molecule has 1 amide bonds. The number of halogens is 1. The Morgan fingerprint density at radius 1 is 1.42 bits per heavy atom. The van der Waals surface area contributed by atoms with Crippen LogP contribution in [0.15, 0.2) is 22.7 Å². The molecule has 0 aliphatic heterocycles. The number of carbonyl (C=O) groups excluding carboxylic acids is 1. The van der Waals surface area contributed by atoms with E-state index in [2.05, 4.69) is 20.7 Å². The summed E-state index contributed by atoms with van der Waals surface area (Å²) in [5.41, 5.74) is 1.62. The first-order chi connectivity index (χ1) is 8.70. The maximum absolute atomic E-state index is 12.1. The van der Waals surface area contributed by atoms with Gasteiger partial charge in [0.1, 0.15) is 0 Å². The van der Waals surface area contributed by atoms with Crippen LogP contribution in [0, 0.1) is 6.92 Å². The maximum Gasteiger partial charge on any atom is 0.253 e. The lowest BCUT2D eigenvalue weighted by Crippen LogP contribution is -2.35. The molecule has 0 atom stereocenters. The predicted molar refractivity (Wildman–Crippen MR) is 78.7 cm³/mol. The first-order valence-electron chi connectivity index (χ1n) is 5.67. The summed E-state index contributed by atoms with van der Waals surface area (Å²) >= 11 is 3.38. The van der Waals surface area contributed by atoms with Crippen LogP contribution in [0.1, 0.15) is 15.9 Å². The molecule has 0 bridgehead atoms. The van der Waals surface area contributed by atoms with E-state index in [1.165, 1.54) is 4.90 Å². The zero-order chi connectivity index (χ0) is 14.6. The number of likely N-dealkylation sites (N-methyl/N-ethyl adjacent to an activating group) is 1. The summed E-state index contributed by atoms with van der Waals surface area (Å²) in [6, 6.07) is 5.38. The van der Waals surface area contributed by atoms with Crippen LogP contribution in [0.2, 0.25) is 0 Å². The van der Waals surface area contributed by atoms with Crippen molar-refractivity contribution in [3.8, 4) is 0 Å². The summed E-state index contributed by atoms with van der Waals surface area (Å²) in [7, 11) is -1.58. The Morgan fingerprint density at radius 3 is 2.58 bits per heavy atom. The third-order valence-corrected chi connectivity index (χ3v) is 4.16. The van der Waals surface area contributed by atoms with Gasteiger partial charge in [0.15, 0.2) is 0 Å². The number of carbonyl (C=O) groups is 1. The lowest BCUT2D eigenvalue weighted by atomic mass is 10.1. The molecule has 1 rings (SSSR count). The van der Waals surface area contributed by atoms with Gasteiger partial charge in [-0.1, -0.05) is 22.0 Å². The Morgan fingerprint density at radius 2 is 2.05 bits per heavy atom. The zero-order valence-electron chi connectivity index (χ0n) is 11.1. The molecule has 0 fully saturated rings. The van der Waals surface area contributed by atoms with Crippen molar-refractivity contribution in [1.29, 1.82) is 0 Å². The van der Waals surface area contributed by atoms with Crippen molar-refractivity contribution in [2.24, 2.45) is 0 Å². The average Bonchev–Trinajstić information content (AvgIpc) is 2.30. The van der Waals surface area contributed by atoms with Gasteiger partial charge in [-0.05, 0) is 24.6 Å². The van der Waals surface area contributed by atoms with Crippen LogP contribution in [0.25, 0.3) is 0 Å². The SMILES string of the molecule is Cc1ccc(C(=O)N(C)CCNS(C)(=O)=O)cc1Br. The zero-order valence-corrected chi connectivity index (χ0v) is 13.5. The molecule has 106 valence electrons. The third-order valence-electron chi connectivity index (χ3n) is 2.58. The molecule has 19 heavy (non-hydrogen) atoms. The number of hydrogen-bond donors (Lipinski definition) is 1. The number of nitrogens with one attached hydrogen (secondary N) is 1. The lowest BCUT2D eigenvalue weighted by molar-refractivity contribution is 0.0797. The second-order valence-electron chi connectivity index (χ2n) is 4.36. The van der Waals surface area contributed by atoms with Crippen molar-refractivity contribution in [3.63, 3.8) is 0 Å². The summed E-state index contributed by atoms with van der Waals surface area (Å²) in [4.78, 5) is 13.6. The van der Waals surface area contributed by atoms with Crippen molar-refractivity contribution < 1.29 is 13.2 Å². The molecule has 0 aliphatic carbocycles. The number of rotatable bonds is 5. The molecule has 0 radical (unpaired) electrons. The minimum Gasteiger partial charge on any atom is -0.340 e. The van der Waals surface area contributed by atoms with Crippen molar-refractivity contribution in [2.45, 2.75) is 6.92 Å². The first-order valence-corrected chi connectivity index (χ1v) is 8.35. The van der Waals surface area contributed by atoms with Crippen LogP contribution >= 0.6 is 15.9 Å². The van der Waals surface area contributed by atoms with Crippen molar-refractivity contribution in [1.82, 2.24) is 9.62 Å². The molecule has 1 aromatic rings. The summed E-state index contributed by atoms with van der Waals surface area (Å²) in [5.74, 6) is -0.143. The average molecular weight is 349 g/mol. The van der Waals surface area contributed by atoms with E-state index < -0.39 is 10.0 Å². The molecule has 7 heteroatoms. The first kappa shape index (κ1) is 16.1. The normalized spacial score (nSPS) is 11.4. The van der Waals surface area contributed by atoms with Gasteiger partial charge >= 0.3 is 0 Å². The fraction of sp³-hybridized carbons (Fsp3) is 0.417. The quantitative estimate of drug-likeness (QED) is 0.873. The van der Waals surface area contributed by atoms with E-state index in [1.54, 1.807) is 19.2 Å². The second kappa shape index (κ2) is 6.49. The minimum atomic E-state index is -3.22. The number of amides is 1. The highest BCUT2D eigenvalue weighted by atomic mass is 79.9. The highest BCUT2D eigenvalue weighted by Gasteiger charge is 2.12. The van der Waals surface area contributed by atoms with Crippen molar-refractivity contribution in [3.05, 3.63) is 33.8 Å². The highest BCUT2D eigenvalue weighted by molar-refractivity contribution is 9.10. The fourth-order valence-corrected chi connectivity index (χ4v) is 2.29. The van der Waals surface area contributed by atoms with E-state index in [0.717, 1.165) is 16.3 Å². The van der Waals surface area contributed by atoms with E-state index >= 15 is 0 Å². The van der Waals surface area contributed by atoms with E-state index in [0.29, 0.717) is 12.1 Å². The lowest BCUT2D eigenvalue weighted by Gasteiger charge is -2.17. The molecular weight excluding hydrogens is 332 g/mol. The van der Waals surface area contributed by atoms with Crippen LogP contribution in [0.5, 0.6) is 0 Å². The topological polar surface area (TPSA) is 66.5 Å². The van der Waals surface area contributed by atoms with Crippen molar-refractivity contribution >= 4 is 31.9 Å². The number of hydrogen-bond acceptors (Lipinski definition) is 3. The van der Waals surface area contributed by atoms with Crippen molar-refractivity contribution in [2.75, 3.05) is 26.4 Å². The molecule has 0 unspecified atom stereocenters. The Bertz CT molecular complexity index is 572. The summed E-state index contributed by atoms with van der Waals surface area (Å²) in [6.07, 6.45) is 1.09. The number of benzene rings is 1. The van der Waals surface area contributed by atoms with Crippen LogP contribution in [0.3, 0.4) is 0 Å². The fourth-order valence-electron chi connectivity index (χ4n) is 1.45. The van der Waals surface area contributed by atoms with E-state index in [-0.39, 0.29) is 12.5 Å². The standard InChI is InChI=1S/C12H17BrN2O3S/c1-9-4-5-10(8-11(9)13)12(16)15(2)7-6-14-19(3,17)18/h4-5,8,14H,6-7H2,1-3H3. The number of sulfonamides is 1. The molecule has 0 aliphatic rings. The molecule has 0 spiro atoms. The number of nitrogens with zero attached hydrogens (tertiary/aromatic N) is 1. The second-order valence-corrected chi connectivity index (χ2v) is 7.04. The smallest absolute Gasteiger partial charge is 0.253 e. The highest BCUT2D eigenvalue weighted by Crippen LogP contribution is 2.18. The molecule has 0 heterocycles. The van der Waals surface area contributed by atoms with Gasteiger partial charge in [0, 0.05) is 30.2 Å². The van der Waals surface area contributed by atoms with Crippen LogP contribution in [0.4, 0.5) is 0 Å². The molecule has 0 saturated heterocycles. The van der Waals surface area contributed by atoms with Gasteiger partial charge in [-0.15, -0.1) is 0 Å². The third kappa shape index (κ3) is 5.30. The molecule has 1 N–H and O–H groups in total. The van der Waals surface area contributed by atoms with E-state index in [1.807, 2.05) is 13.0 Å². The molecule has 5 nitrogen and oxygen atoms in total. The van der Waals surface area contributed by atoms with Gasteiger partial charge in [-0.2, -0.15) is 0 Å². The van der Waals surface area contributed by atoms with Gasteiger partial charge in [0.05, 0.1) is 6.26 Å². The van der Waals surface area contributed by atoms with E-state index in [9.17, 15) is 13.2 Å². The Kier molecular flexibility index (Phi) is 5.51. The summed E-state index contributed by atoms with van der Waals surface area (Å²) in [6.45, 7) is 2.46. The monoisotopic (exact) mass is 348 g/mol. The van der Waals surface area contributed by atoms with Gasteiger partial charge in [0.2, 0.25) is 10.0 Å². The predicted octanol–water partition coefficient (Wildman–Crippen LogP) is 1.38. The van der Waals surface area contributed by atoms with Gasteiger partial charge in [0.25, 0.3) is 5.91 Å². The largest absolute Gasteiger partial charge is 0.340 e. The summed E-state index contributed by atoms with van der Waals surface area (Å²) < 4.78 is 25.1. The van der Waals surface area contributed by atoms with Crippen LogP contribution in [-0.4, -0.2) is 45.6 Å². The Hall–Kier alpha value is -0.920. The minimum absolute atomic E-state index is 0.143. The van der Waals surface area contributed by atoms with Crippen LogP contribution < -0.4 is 4.72 Å². The molecule has 0 saturated carbocycles. The maximum atomic E-state index is 12.1. The Labute approximate surface area is 122 Å². The van der Waals surface area contributed by atoms with Gasteiger partial charge in [-0.3, -0.25) is 4.79 Å². The summed E-state index contributed by atoms with van der Waals surface area (Å²) in [5, 5.41) is 0. The Balaban J connectivity index is 2.64. The molecular formula is C12H17BrN2O3S. The molecule has 0 aromatic heterocycles. The van der Waals surface area contributed by atoms with Gasteiger partial charge in [-0.25, -0.2) is 13.1 Å². The van der Waals surface area contributed by atoms with Crippen LogP contribution in [-0.2, 0) is 10.0 Å².